The van der Waals surface area contributed by atoms with Crippen LogP contribution in [0.15, 0.2) is 11.1 Å². The third-order valence-corrected chi connectivity index (χ3v) is 2.63. The summed E-state index contributed by atoms with van der Waals surface area (Å²) in [5.74, 6) is -0.987. The summed E-state index contributed by atoms with van der Waals surface area (Å²) in [5, 5.41) is 11.3. The van der Waals surface area contributed by atoms with E-state index in [2.05, 4.69) is 5.32 Å². The molecule has 0 spiro atoms. The van der Waals surface area contributed by atoms with Crippen LogP contribution in [0.2, 0.25) is 0 Å². The number of hydrogen-bond acceptors (Lipinski definition) is 2. The molecule has 15 heavy (non-hydrogen) atoms. The van der Waals surface area contributed by atoms with E-state index in [1.54, 1.807) is 6.92 Å². The van der Waals surface area contributed by atoms with Gasteiger partial charge in [-0.3, -0.25) is 9.59 Å². The first-order valence-electron chi connectivity index (χ1n) is 5.22. The second-order valence-corrected chi connectivity index (χ2v) is 4.08. The number of allylic oxidation sites excluding steroid dienone is 1. The van der Waals surface area contributed by atoms with Gasteiger partial charge in [0, 0.05) is 11.6 Å². The van der Waals surface area contributed by atoms with Gasteiger partial charge in [0.25, 0.3) is 0 Å². The number of rotatable bonds is 4. The van der Waals surface area contributed by atoms with Gasteiger partial charge < -0.3 is 10.4 Å². The van der Waals surface area contributed by atoms with Crippen LogP contribution in [0.25, 0.3) is 0 Å². The van der Waals surface area contributed by atoms with E-state index in [0.717, 1.165) is 30.4 Å². The average Bonchev–Trinajstić information content (AvgIpc) is 2.49. The molecule has 1 aliphatic carbocycles. The molecular formula is C11H17NO3. The second-order valence-electron chi connectivity index (χ2n) is 4.08. The Hall–Kier alpha value is -1.32. The summed E-state index contributed by atoms with van der Waals surface area (Å²) >= 11 is 0. The van der Waals surface area contributed by atoms with Crippen LogP contribution in [0.4, 0.5) is 0 Å². The Morgan fingerprint density at radius 2 is 2.13 bits per heavy atom. The lowest BCUT2D eigenvalue weighted by Gasteiger charge is -2.12. The maximum absolute atomic E-state index is 11.7. The summed E-state index contributed by atoms with van der Waals surface area (Å²) in [5.41, 5.74) is 1.97. The molecule has 2 N–H and O–H groups in total. The molecule has 0 bridgehead atoms. The van der Waals surface area contributed by atoms with Crippen LogP contribution < -0.4 is 5.32 Å². The first-order chi connectivity index (χ1) is 7.00. The van der Waals surface area contributed by atoms with Crippen LogP contribution in [0, 0.1) is 0 Å². The van der Waals surface area contributed by atoms with E-state index < -0.39 is 5.97 Å². The highest BCUT2D eigenvalue weighted by atomic mass is 16.4. The van der Waals surface area contributed by atoms with Gasteiger partial charge in [0.2, 0.25) is 5.91 Å². The number of carboxylic acids is 1. The molecule has 0 aliphatic heterocycles. The minimum atomic E-state index is -0.889. The molecule has 4 nitrogen and oxygen atoms in total. The first kappa shape index (κ1) is 11.8. The van der Waals surface area contributed by atoms with Crippen molar-refractivity contribution < 1.29 is 14.7 Å². The van der Waals surface area contributed by atoms with Crippen molar-refractivity contribution >= 4 is 11.9 Å². The van der Waals surface area contributed by atoms with Crippen molar-refractivity contribution in [2.75, 3.05) is 0 Å². The molecule has 0 saturated carbocycles. The van der Waals surface area contributed by atoms with Gasteiger partial charge in [0.1, 0.15) is 0 Å². The zero-order valence-corrected chi connectivity index (χ0v) is 9.17. The lowest BCUT2D eigenvalue weighted by molar-refractivity contribution is -0.137. The molecule has 0 radical (unpaired) electrons. The van der Waals surface area contributed by atoms with Gasteiger partial charge in [-0.15, -0.1) is 0 Å². The van der Waals surface area contributed by atoms with Crippen molar-refractivity contribution in [2.24, 2.45) is 0 Å². The number of amides is 1. The van der Waals surface area contributed by atoms with Gasteiger partial charge in [-0.2, -0.15) is 0 Å². The monoisotopic (exact) mass is 211 g/mol. The summed E-state index contributed by atoms with van der Waals surface area (Å²) in [4.78, 5) is 22.1. The number of carbonyl (C=O) groups excluding carboxylic acids is 1. The van der Waals surface area contributed by atoms with Gasteiger partial charge >= 0.3 is 5.97 Å². The van der Waals surface area contributed by atoms with Crippen molar-refractivity contribution in [3.8, 4) is 0 Å². The number of hydrogen-bond donors (Lipinski definition) is 2. The van der Waals surface area contributed by atoms with Crippen molar-refractivity contribution in [2.45, 2.75) is 45.6 Å². The SMILES string of the molecule is CC1=C(C(=O)NC(C)CC(=O)O)CCC1. The lowest BCUT2D eigenvalue weighted by atomic mass is 10.1. The molecule has 0 aromatic rings. The van der Waals surface area contributed by atoms with Crippen LogP contribution in [0.3, 0.4) is 0 Å². The molecule has 0 saturated heterocycles. The van der Waals surface area contributed by atoms with Gasteiger partial charge in [0.15, 0.2) is 0 Å². The lowest BCUT2D eigenvalue weighted by Crippen LogP contribution is -2.35. The maximum Gasteiger partial charge on any atom is 0.305 e. The molecule has 4 heteroatoms. The zero-order chi connectivity index (χ0) is 11.4. The van der Waals surface area contributed by atoms with Crippen molar-refractivity contribution in [1.29, 1.82) is 0 Å². The van der Waals surface area contributed by atoms with Gasteiger partial charge in [-0.1, -0.05) is 5.57 Å². The van der Waals surface area contributed by atoms with Gasteiger partial charge in [0.05, 0.1) is 6.42 Å². The van der Waals surface area contributed by atoms with Crippen molar-refractivity contribution in [3.05, 3.63) is 11.1 Å². The quantitative estimate of drug-likeness (QED) is 0.740. The minimum absolute atomic E-state index is 0.0297. The topological polar surface area (TPSA) is 66.4 Å². The largest absolute Gasteiger partial charge is 0.481 e. The highest BCUT2D eigenvalue weighted by Crippen LogP contribution is 2.25. The van der Waals surface area contributed by atoms with Crippen LogP contribution >= 0.6 is 0 Å². The van der Waals surface area contributed by atoms with E-state index in [9.17, 15) is 9.59 Å². The predicted octanol–water partition coefficient (Wildman–Crippen LogP) is 1.47. The standard InChI is InChI=1S/C11H17NO3/c1-7-4-3-5-9(7)11(15)12-8(2)6-10(13)14/h8H,3-6H2,1-2H3,(H,12,15)(H,13,14). The first-order valence-corrected chi connectivity index (χ1v) is 5.22. The fraction of sp³-hybridized carbons (Fsp3) is 0.636. The molecule has 0 heterocycles. The number of nitrogens with one attached hydrogen (secondary N) is 1. The molecule has 0 aromatic heterocycles. The highest BCUT2D eigenvalue weighted by molar-refractivity contribution is 5.95. The van der Waals surface area contributed by atoms with E-state index >= 15 is 0 Å². The summed E-state index contributed by atoms with van der Waals surface area (Å²) in [6.45, 7) is 3.67. The fourth-order valence-electron chi connectivity index (χ4n) is 1.83. The Morgan fingerprint density at radius 1 is 1.47 bits per heavy atom. The second kappa shape index (κ2) is 4.96. The van der Waals surface area contributed by atoms with Crippen LogP contribution in [0.1, 0.15) is 39.5 Å². The Bertz CT molecular complexity index is 307. The summed E-state index contributed by atoms with van der Waals surface area (Å²) in [6, 6.07) is -0.309. The van der Waals surface area contributed by atoms with E-state index in [0.29, 0.717) is 0 Å². The van der Waals surface area contributed by atoms with Crippen LogP contribution in [-0.2, 0) is 9.59 Å². The van der Waals surface area contributed by atoms with Gasteiger partial charge in [-0.25, -0.2) is 0 Å². The summed E-state index contributed by atoms with van der Waals surface area (Å²) in [7, 11) is 0. The van der Waals surface area contributed by atoms with E-state index in [-0.39, 0.29) is 18.4 Å². The number of carboxylic acid groups (broad SMARTS) is 1. The number of aliphatic carboxylic acids is 1. The summed E-state index contributed by atoms with van der Waals surface area (Å²) < 4.78 is 0. The van der Waals surface area contributed by atoms with Crippen LogP contribution in [-0.4, -0.2) is 23.0 Å². The van der Waals surface area contributed by atoms with E-state index in [1.807, 2.05) is 6.92 Å². The Balaban J connectivity index is 2.48. The predicted molar refractivity (Wildman–Crippen MR) is 56.4 cm³/mol. The molecule has 84 valence electrons. The third kappa shape index (κ3) is 3.38. The van der Waals surface area contributed by atoms with Crippen molar-refractivity contribution in [3.63, 3.8) is 0 Å². The third-order valence-electron chi connectivity index (χ3n) is 2.63. The molecule has 1 atom stereocenters. The Labute approximate surface area is 89.4 Å². The zero-order valence-electron chi connectivity index (χ0n) is 9.17. The fourth-order valence-corrected chi connectivity index (χ4v) is 1.83. The molecule has 1 aliphatic rings. The molecule has 1 unspecified atom stereocenters. The molecule has 0 fully saturated rings. The molecular weight excluding hydrogens is 194 g/mol. The van der Waals surface area contributed by atoms with Crippen LogP contribution in [0.5, 0.6) is 0 Å². The Kier molecular flexibility index (Phi) is 3.88. The van der Waals surface area contributed by atoms with Crippen molar-refractivity contribution in [1.82, 2.24) is 5.32 Å². The maximum atomic E-state index is 11.7. The molecule has 0 aromatic carbocycles. The van der Waals surface area contributed by atoms with E-state index in [4.69, 9.17) is 5.11 Å². The van der Waals surface area contributed by atoms with E-state index in [1.165, 1.54) is 0 Å². The smallest absolute Gasteiger partial charge is 0.305 e. The molecule has 1 amide bonds. The molecule has 1 rings (SSSR count). The van der Waals surface area contributed by atoms with Gasteiger partial charge in [-0.05, 0) is 33.1 Å². The highest BCUT2D eigenvalue weighted by Gasteiger charge is 2.19. The number of carbonyl (C=O) groups is 2. The summed E-state index contributed by atoms with van der Waals surface area (Å²) in [6.07, 6.45) is 2.80. The minimum Gasteiger partial charge on any atom is -0.481 e. The Morgan fingerprint density at radius 3 is 2.60 bits per heavy atom. The normalized spacial score (nSPS) is 17.7. The average molecular weight is 211 g/mol.